The van der Waals surface area contributed by atoms with Crippen LogP contribution in [-0.2, 0) is 0 Å². The van der Waals surface area contributed by atoms with Crippen molar-refractivity contribution in [3.63, 3.8) is 0 Å². The summed E-state index contributed by atoms with van der Waals surface area (Å²) in [5.74, 6) is 0.895. The van der Waals surface area contributed by atoms with Gasteiger partial charge < -0.3 is 9.84 Å². The first kappa shape index (κ1) is 12.5. The average molecular weight is 273 g/mol. The first-order valence-electron chi connectivity index (χ1n) is 5.05. The highest BCUT2D eigenvalue weighted by atomic mass is 79.9. The number of nitrogens with one attached hydrogen (secondary N) is 1. The van der Waals surface area contributed by atoms with Gasteiger partial charge in [0.2, 0.25) is 0 Å². The maximum Gasteiger partial charge on any atom is 0.138 e. The van der Waals surface area contributed by atoms with E-state index in [1.807, 2.05) is 13.8 Å². The van der Waals surface area contributed by atoms with E-state index in [-0.39, 0.29) is 6.04 Å². The van der Waals surface area contributed by atoms with Crippen LogP contribution in [0, 0.1) is 13.8 Å². The van der Waals surface area contributed by atoms with E-state index in [4.69, 9.17) is 4.52 Å². The Kier molecular flexibility index (Phi) is 4.54. The Labute approximate surface area is 99.0 Å². The van der Waals surface area contributed by atoms with Crippen molar-refractivity contribution in [3.8, 4) is 0 Å². The van der Waals surface area contributed by atoms with Crippen LogP contribution in [0.15, 0.2) is 15.6 Å². The van der Waals surface area contributed by atoms with Crippen LogP contribution < -0.4 is 5.32 Å². The molecule has 0 aliphatic carbocycles. The van der Waals surface area contributed by atoms with Gasteiger partial charge in [0.25, 0.3) is 0 Å². The van der Waals surface area contributed by atoms with Crippen molar-refractivity contribution in [2.24, 2.45) is 0 Å². The third kappa shape index (κ3) is 3.18. The summed E-state index contributed by atoms with van der Waals surface area (Å²) in [5, 5.41) is 7.37. The van der Waals surface area contributed by atoms with Crippen LogP contribution in [0.2, 0.25) is 0 Å². The van der Waals surface area contributed by atoms with Crippen molar-refractivity contribution in [1.29, 1.82) is 0 Å². The summed E-state index contributed by atoms with van der Waals surface area (Å²) in [6, 6.07) is 0.283. The third-order valence-corrected chi connectivity index (χ3v) is 2.67. The molecule has 0 saturated heterocycles. The predicted molar refractivity (Wildman–Crippen MR) is 65.1 cm³/mol. The summed E-state index contributed by atoms with van der Waals surface area (Å²) in [6.07, 6.45) is 1.00. The molecular weight excluding hydrogens is 256 g/mol. The monoisotopic (exact) mass is 272 g/mol. The number of aromatic nitrogens is 1. The van der Waals surface area contributed by atoms with E-state index in [9.17, 15) is 0 Å². The van der Waals surface area contributed by atoms with Crippen LogP contribution in [0.4, 0.5) is 0 Å². The Morgan fingerprint density at radius 3 is 2.67 bits per heavy atom. The Bertz CT molecular complexity index is 327. The fraction of sp³-hybridized carbons (Fsp3) is 0.545. The Hall–Kier alpha value is -0.610. The van der Waals surface area contributed by atoms with Crippen molar-refractivity contribution in [2.45, 2.75) is 33.2 Å². The summed E-state index contributed by atoms with van der Waals surface area (Å²) in [5.41, 5.74) is 2.14. The zero-order valence-electron chi connectivity index (χ0n) is 9.43. The lowest BCUT2D eigenvalue weighted by molar-refractivity contribution is 0.390. The van der Waals surface area contributed by atoms with Gasteiger partial charge >= 0.3 is 0 Å². The lowest BCUT2D eigenvalue weighted by atomic mass is 10.0. The average Bonchev–Trinajstić information content (AvgIpc) is 2.49. The maximum atomic E-state index is 5.16. The molecule has 0 bridgehead atoms. The first-order chi connectivity index (χ1) is 7.06. The number of hydrogen-bond acceptors (Lipinski definition) is 3. The van der Waals surface area contributed by atoms with Gasteiger partial charge in [-0.05, 0) is 20.3 Å². The van der Waals surface area contributed by atoms with Crippen molar-refractivity contribution < 1.29 is 4.52 Å². The molecule has 84 valence electrons. The van der Waals surface area contributed by atoms with Crippen molar-refractivity contribution in [2.75, 3.05) is 6.54 Å². The summed E-state index contributed by atoms with van der Waals surface area (Å²) in [7, 11) is 0. The zero-order chi connectivity index (χ0) is 11.4. The second kappa shape index (κ2) is 5.47. The van der Waals surface area contributed by atoms with Gasteiger partial charge in [-0.3, -0.25) is 0 Å². The normalized spacial score (nSPS) is 12.8. The van der Waals surface area contributed by atoms with Gasteiger partial charge in [-0.1, -0.05) is 34.6 Å². The van der Waals surface area contributed by atoms with Crippen molar-refractivity contribution in [1.82, 2.24) is 10.5 Å². The van der Waals surface area contributed by atoms with Crippen LogP contribution in [0.1, 0.15) is 36.4 Å². The molecule has 3 nitrogen and oxygen atoms in total. The van der Waals surface area contributed by atoms with E-state index in [1.54, 1.807) is 0 Å². The largest absolute Gasteiger partial charge is 0.361 e. The molecule has 0 saturated carbocycles. The SMILES string of the molecule is C=C(Br)CNC(CC)c1c(C)noc1C. The van der Waals surface area contributed by atoms with Crippen molar-refractivity contribution >= 4 is 15.9 Å². The number of rotatable bonds is 5. The van der Waals surface area contributed by atoms with Gasteiger partial charge in [0.05, 0.1) is 5.69 Å². The highest BCUT2D eigenvalue weighted by molar-refractivity contribution is 9.11. The van der Waals surface area contributed by atoms with E-state index in [2.05, 4.69) is 39.9 Å². The quantitative estimate of drug-likeness (QED) is 0.895. The minimum atomic E-state index is 0.283. The highest BCUT2D eigenvalue weighted by Gasteiger charge is 2.18. The molecule has 15 heavy (non-hydrogen) atoms. The molecule has 1 aromatic heterocycles. The van der Waals surface area contributed by atoms with E-state index in [0.29, 0.717) is 0 Å². The maximum absolute atomic E-state index is 5.16. The van der Waals surface area contributed by atoms with Gasteiger partial charge in [0.15, 0.2) is 0 Å². The fourth-order valence-corrected chi connectivity index (χ4v) is 1.83. The zero-order valence-corrected chi connectivity index (χ0v) is 11.0. The summed E-state index contributed by atoms with van der Waals surface area (Å²) < 4.78 is 6.11. The topological polar surface area (TPSA) is 38.1 Å². The standard InChI is InChI=1S/C11H17BrN2O/c1-5-10(13-6-7(2)12)11-8(3)14-15-9(11)4/h10,13H,2,5-6H2,1,3-4H3. The van der Waals surface area contributed by atoms with Gasteiger partial charge in [-0.15, -0.1) is 0 Å². The number of hydrogen-bond donors (Lipinski definition) is 1. The molecule has 1 rings (SSSR count). The Morgan fingerprint density at radius 1 is 1.60 bits per heavy atom. The summed E-state index contributed by atoms with van der Waals surface area (Å²) >= 11 is 3.34. The first-order valence-corrected chi connectivity index (χ1v) is 5.85. The van der Waals surface area contributed by atoms with Crippen LogP contribution in [0.5, 0.6) is 0 Å². The fourth-order valence-electron chi connectivity index (χ4n) is 1.67. The lowest BCUT2D eigenvalue weighted by Crippen LogP contribution is -2.22. The van der Waals surface area contributed by atoms with Crippen LogP contribution >= 0.6 is 15.9 Å². The van der Waals surface area contributed by atoms with Crippen LogP contribution in [0.25, 0.3) is 0 Å². The molecule has 1 heterocycles. The number of nitrogens with zero attached hydrogens (tertiary/aromatic N) is 1. The molecule has 1 unspecified atom stereocenters. The van der Waals surface area contributed by atoms with E-state index < -0.39 is 0 Å². The molecule has 0 aliphatic rings. The molecule has 0 radical (unpaired) electrons. The van der Waals surface area contributed by atoms with E-state index in [0.717, 1.165) is 28.9 Å². The third-order valence-electron chi connectivity index (χ3n) is 2.39. The number of aryl methyl sites for hydroxylation is 2. The number of halogens is 1. The molecule has 4 heteroatoms. The molecule has 0 aliphatic heterocycles. The second-order valence-corrected chi connectivity index (χ2v) is 4.72. The molecule has 1 atom stereocenters. The van der Waals surface area contributed by atoms with Gasteiger partial charge in [-0.2, -0.15) is 0 Å². The van der Waals surface area contributed by atoms with Crippen LogP contribution in [0.3, 0.4) is 0 Å². The second-order valence-electron chi connectivity index (χ2n) is 3.60. The smallest absolute Gasteiger partial charge is 0.138 e. The molecule has 0 spiro atoms. The highest BCUT2D eigenvalue weighted by Crippen LogP contribution is 2.24. The minimum Gasteiger partial charge on any atom is -0.361 e. The molecule has 0 amide bonds. The minimum absolute atomic E-state index is 0.283. The molecular formula is C11H17BrN2O. The molecule has 0 aromatic carbocycles. The van der Waals surface area contributed by atoms with E-state index >= 15 is 0 Å². The van der Waals surface area contributed by atoms with E-state index in [1.165, 1.54) is 5.56 Å². The van der Waals surface area contributed by atoms with Crippen molar-refractivity contribution in [3.05, 3.63) is 28.1 Å². The Morgan fingerprint density at radius 2 is 2.27 bits per heavy atom. The van der Waals surface area contributed by atoms with Gasteiger partial charge in [0.1, 0.15) is 5.76 Å². The summed E-state index contributed by atoms with van der Waals surface area (Å²) in [4.78, 5) is 0. The van der Waals surface area contributed by atoms with Gasteiger partial charge in [-0.25, -0.2) is 0 Å². The molecule has 1 aromatic rings. The summed E-state index contributed by atoms with van der Waals surface area (Å²) in [6.45, 7) is 10.6. The lowest BCUT2D eigenvalue weighted by Gasteiger charge is -2.16. The molecule has 0 fully saturated rings. The Balaban J connectivity index is 2.78. The van der Waals surface area contributed by atoms with Crippen LogP contribution in [-0.4, -0.2) is 11.7 Å². The van der Waals surface area contributed by atoms with Gasteiger partial charge in [0, 0.05) is 22.6 Å². The predicted octanol–water partition coefficient (Wildman–Crippen LogP) is 3.24. The molecule has 1 N–H and O–H groups in total.